The number of nitrogens with one attached hydrogen (secondary N) is 1. The van der Waals surface area contributed by atoms with E-state index >= 15 is 0 Å². The van der Waals surface area contributed by atoms with Crippen molar-refractivity contribution in [2.45, 2.75) is 13.1 Å². The number of benzene rings is 3. The van der Waals surface area contributed by atoms with Crippen LogP contribution in [0.5, 0.6) is 0 Å². The first-order valence-electron chi connectivity index (χ1n) is 12.6. The quantitative estimate of drug-likeness (QED) is 0.424. The van der Waals surface area contributed by atoms with Gasteiger partial charge in [-0.2, -0.15) is 5.10 Å². The smallest absolute Gasteiger partial charge is 0.255 e. The van der Waals surface area contributed by atoms with Crippen LogP contribution in [-0.4, -0.2) is 64.6 Å². The van der Waals surface area contributed by atoms with E-state index in [9.17, 15) is 9.59 Å². The summed E-state index contributed by atoms with van der Waals surface area (Å²) < 4.78 is 1.81. The summed E-state index contributed by atoms with van der Waals surface area (Å²) >= 11 is 0. The van der Waals surface area contributed by atoms with E-state index in [-0.39, 0.29) is 11.8 Å². The number of aromatic nitrogens is 2. The zero-order valence-corrected chi connectivity index (χ0v) is 21.0. The molecule has 3 aromatic carbocycles. The fourth-order valence-electron chi connectivity index (χ4n) is 4.48. The Kier molecular flexibility index (Phi) is 7.42. The monoisotopic (exact) mass is 493 g/mol. The molecule has 1 aliphatic heterocycles. The zero-order chi connectivity index (χ0) is 25.6. The van der Waals surface area contributed by atoms with Crippen molar-refractivity contribution in [2.24, 2.45) is 0 Å². The Hall–Kier alpha value is -4.23. The Morgan fingerprint density at radius 3 is 2.14 bits per heavy atom. The van der Waals surface area contributed by atoms with Gasteiger partial charge >= 0.3 is 0 Å². The minimum absolute atomic E-state index is 0.0574. The molecule has 1 N–H and O–H groups in total. The number of hydrogen-bond acceptors (Lipinski definition) is 4. The van der Waals surface area contributed by atoms with Gasteiger partial charge in [0.25, 0.3) is 11.8 Å². The summed E-state index contributed by atoms with van der Waals surface area (Å²) in [5, 5.41) is 7.77. The second-order valence-corrected chi connectivity index (χ2v) is 9.42. The lowest BCUT2D eigenvalue weighted by Crippen LogP contribution is -2.47. The van der Waals surface area contributed by atoms with Gasteiger partial charge < -0.3 is 15.1 Å². The molecule has 7 nitrogen and oxygen atoms in total. The predicted molar refractivity (Wildman–Crippen MR) is 144 cm³/mol. The van der Waals surface area contributed by atoms with E-state index in [1.165, 1.54) is 0 Å². The normalized spacial score (nSPS) is 13.9. The van der Waals surface area contributed by atoms with Crippen LogP contribution in [0, 0.1) is 0 Å². The average molecular weight is 494 g/mol. The van der Waals surface area contributed by atoms with E-state index in [4.69, 9.17) is 5.10 Å². The number of amides is 2. The molecule has 37 heavy (non-hydrogen) atoms. The van der Waals surface area contributed by atoms with E-state index in [0.29, 0.717) is 29.9 Å². The highest BCUT2D eigenvalue weighted by molar-refractivity contribution is 5.99. The van der Waals surface area contributed by atoms with Gasteiger partial charge in [0.15, 0.2) is 0 Å². The molecule has 0 bridgehead atoms. The standard InChI is InChI=1S/C30H31N5O2/c1-33-16-18-34(19-17-33)30(37)26-14-12-23(13-15-26)20-31-29(36)27-22-35(21-24-8-4-2-5-9-24)32-28(27)25-10-6-3-7-11-25/h2-15,22H,16-21H2,1H3,(H,31,36). The van der Waals surface area contributed by atoms with E-state index in [0.717, 1.165) is 42.9 Å². The number of carbonyl (C=O) groups is 2. The van der Waals surface area contributed by atoms with Crippen LogP contribution in [0.1, 0.15) is 31.8 Å². The number of likely N-dealkylation sites (N-methyl/N-ethyl adjacent to an activating group) is 1. The van der Waals surface area contributed by atoms with Crippen molar-refractivity contribution >= 4 is 11.8 Å². The van der Waals surface area contributed by atoms with Gasteiger partial charge in [-0.3, -0.25) is 14.3 Å². The largest absolute Gasteiger partial charge is 0.348 e. The fourth-order valence-corrected chi connectivity index (χ4v) is 4.48. The van der Waals surface area contributed by atoms with Crippen LogP contribution in [0.4, 0.5) is 0 Å². The summed E-state index contributed by atoms with van der Waals surface area (Å²) in [6.45, 7) is 4.21. The maximum atomic E-state index is 13.3. The lowest BCUT2D eigenvalue weighted by atomic mass is 10.1. The van der Waals surface area contributed by atoms with Crippen LogP contribution in [0.3, 0.4) is 0 Å². The molecule has 0 atom stereocenters. The molecular formula is C30H31N5O2. The molecular weight excluding hydrogens is 462 g/mol. The SMILES string of the molecule is CN1CCN(C(=O)c2ccc(CNC(=O)c3cn(Cc4ccccc4)nc3-c3ccccc3)cc2)CC1. The topological polar surface area (TPSA) is 70.5 Å². The minimum Gasteiger partial charge on any atom is -0.348 e. The summed E-state index contributed by atoms with van der Waals surface area (Å²) in [4.78, 5) is 30.2. The highest BCUT2D eigenvalue weighted by atomic mass is 16.2. The van der Waals surface area contributed by atoms with Crippen LogP contribution in [0.2, 0.25) is 0 Å². The van der Waals surface area contributed by atoms with Crippen molar-refractivity contribution < 1.29 is 9.59 Å². The first-order chi connectivity index (χ1) is 18.1. The minimum atomic E-state index is -0.184. The van der Waals surface area contributed by atoms with Crippen molar-refractivity contribution in [1.82, 2.24) is 24.9 Å². The second kappa shape index (κ2) is 11.2. The number of rotatable bonds is 7. The summed E-state index contributed by atoms with van der Waals surface area (Å²) in [6.07, 6.45) is 1.81. The van der Waals surface area contributed by atoms with Crippen molar-refractivity contribution in [3.05, 3.63) is 113 Å². The molecule has 0 unspecified atom stereocenters. The Bertz CT molecular complexity index is 1340. The summed E-state index contributed by atoms with van der Waals surface area (Å²) in [5.74, 6) is -0.127. The Morgan fingerprint density at radius 2 is 1.46 bits per heavy atom. The van der Waals surface area contributed by atoms with Crippen molar-refractivity contribution in [2.75, 3.05) is 33.2 Å². The molecule has 2 amide bonds. The van der Waals surface area contributed by atoms with Gasteiger partial charge in [-0.25, -0.2) is 0 Å². The molecule has 1 saturated heterocycles. The zero-order valence-electron chi connectivity index (χ0n) is 21.0. The second-order valence-electron chi connectivity index (χ2n) is 9.42. The predicted octanol–water partition coefficient (Wildman–Crippen LogP) is 3.92. The van der Waals surface area contributed by atoms with Crippen LogP contribution in [-0.2, 0) is 13.1 Å². The Morgan fingerprint density at radius 1 is 0.811 bits per heavy atom. The lowest BCUT2D eigenvalue weighted by Gasteiger charge is -2.32. The van der Waals surface area contributed by atoms with Gasteiger partial charge in [0.2, 0.25) is 0 Å². The number of carbonyl (C=O) groups excluding carboxylic acids is 2. The van der Waals surface area contributed by atoms with Crippen molar-refractivity contribution in [3.8, 4) is 11.3 Å². The molecule has 0 spiro atoms. The maximum absolute atomic E-state index is 13.3. The van der Waals surface area contributed by atoms with Crippen LogP contribution in [0.25, 0.3) is 11.3 Å². The van der Waals surface area contributed by atoms with Gasteiger partial charge in [0.1, 0.15) is 5.69 Å². The molecule has 0 radical (unpaired) electrons. The first-order valence-corrected chi connectivity index (χ1v) is 12.6. The molecule has 1 fully saturated rings. The number of nitrogens with zero attached hydrogens (tertiary/aromatic N) is 4. The third-order valence-electron chi connectivity index (χ3n) is 6.69. The third-order valence-corrected chi connectivity index (χ3v) is 6.69. The van der Waals surface area contributed by atoms with Crippen LogP contribution >= 0.6 is 0 Å². The molecule has 5 rings (SSSR count). The fraction of sp³-hybridized carbons (Fsp3) is 0.233. The summed E-state index contributed by atoms with van der Waals surface area (Å²) in [6, 6.07) is 27.3. The molecule has 0 saturated carbocycles. The van der Waals surface area contributed by atoms with E-state index in [1.807, 2.05) is 101 Å². The molecule has 1 aromatic heterocycles. The van der Waals surface area contributed by atoms with Gasteiger partial charge in [0.05, 0.1) is 12.1 Å². The Labute approximate surface area is 217 Å². The lowest BCUT2D eigenvalue weighted by molar-refractivity contribution is 0.0664. The molecule has 188 valence electrons. The Balaban J connectivity index is 1.27. The highest BCUT2D eigenvalue weighted by Gasteiger charge is 2.21. The number of piperazine rings is 1. The van der Waals surface area contributed by atoms with E-state index in [2.05, 4.69) is 17.3 Å². The highest BCUT2D eigenvalue weighted by Crippen LogP contribution is 2.22. The molecule has 1 aliphatic rings. The number of hydrogen-bond donors (Lipinski definition) is 1. The van der Waals surface area contributed by atoms with Gasteiger partial charge in [-0.1, -0.05) is 72.8 Å². The third kappa shape index (κ3) is 5.95. The molecule has 4 aromatic rings. The maximum Gasteiger partial charge on any atom is 0.255 e. The average Bonchev–Trinajstić information content (AvgIpc) is 3.37. The van der Waals surface area contributed by atoms with Crippen LogP contribution < -0.4 is 5.32 Å². The van der Waals surface area contributed by atoms with Crippen LogP contribution in [0.15, 0.2) is 91.1 Å². The summed E-state index contributed by atoms with van der Waals surface area (Å²) in [7, 11) is 2.07. The van der Waals surface area contributed by atoms with Gasteiger partial charge in [-0.05, 0) is 30.3 Å². The molecule has 0 aliphatic carbocycles. The molecule has 7 heteroatoms. The van der Waals surface area contributed by atoms with Crippen molar-refractivity contribution in [1.29, 1.82) is 0 Å². The van der Waals surface area contributed by atoms with Gasteiger partial charge in [0, 0.05) is 50.0 Å². The van der Waals surface area contributed by atoms with Gasteiger partial charge in [-0.15, -0.1) is 0 Å². The summed E-state index contributed by atoms with van der Waals surface area (Å²) in [5.41, 5.74) is 4.80. The van der Waals surface area contributed by atoms with Crippen molar-refractivity contribution in [3.63, 3.8) is 0 Å². The van der Waals surface area contributed by atoms with E-state index < -0.39 is 0 Å². The van der Waals surface area contributed by atoms with E-state index in [1.54, 1.807) is 0 Å². The molecule has 2 heterocycles. The first kappa shape index (κ1) is 24.5.